The number of hydrogen-bond donors (Lipinski definition) is 1. The molecule has 5 nitrogen and oxygen atoms in total. The predicted molar refractivity (Wildman–Crippen MR) is 105 cm³/mol. The smallest absolute Gasteiger partial charge is 0.275 e. The van der Waals surface area contributed by atoms with Crippen LogP contribution in [0.4, 0.5) is 0 Å². The highest BCUT2D eigenvalue weighted by Gasteiger charge is 2.38. The van der Waals surface area contributed by atoms with Crippen molar-refractivity contribution in [3.05, 3.63) is 51.2 Å². The molecule has 7 heteroatoms. The van der Waals surface area contributed by atoms with E-state index < -0.39 is 5.60 Å². The Morgan fingerprint density at radius 3 is 2.54 bits per heavy atom. The predicted octanol–water partition coefficient (Wildman–Crippen LogP) is 4.18. The molecule has 0 radical (unpaired) electrons. The van der Waals surface area contributed by atoms with Gasteiger partial charge in [-0.3, -0.25) is 9.48 Å². The monoisotopic (exact) mass is 439 g/mol. The SMILES string of the molecule is CC(C)(C)n1cc(Br)c(C(=O)N2CCCC(O)(c3ccc(Cl)cc3)C2)n1. The second-order valence-corrected chi connectivity index (χ2v) is 9.10. The molecule has 0 saturated carbocycles. The van der Waals surface area contributed by atoms with Crippen LogP contribution < -0.4 is 0 Å². The number of amides is 1. The average Bonchev–Trinajstić information content (AvgIpc) is 2.97. The number of aliphatic hydroxyl groups is 1. The van der Waals surface area contributed by atoms with Crippen LogP contribution in [0.5, 0.6) is 0 Å². The molecule has 1 saturated heterocycles. The molecule has 1 aromatic heterocycles. The third-order valence-electron chi connectivity index (χ3n) is 4.70. The Hall–Kier alpha value is -1.37. The lowest BCUT2D eigenvalue weighted by molar-refractivity contribution is -0.0291. The lowest BCUT2D eigenvalue weighted by Crippen LogP contribution is -2.48. The molecular formula is C19H23BrClN3O2. The van der Waals surface area contributed by atoms with Gasteiger partial charge in [0.25, 0.3) is 5.91 Å². The Labute approximate surface area is 167 Å². The van der Waals surface area contributed by atoms with Gasteiger partial charge < -0.3 is 10.0 Å². The zero-order chi connectivity index (χ0) is 19.1. The zero-order valence-electron chi connectivity index (χ0n) is 15.2. The Morgan fingerprint density at radius 1 is 1.31 bits per heavy atom. The Morgan fingerprint density at radius 2 is 1.96 bits per heavy atom. The summed E-state index contributed by atoms with van der Waals surface area (Å²) in [5.74, 6) is -0.174. The fourth-order valence-electron chi connectivity index (χ4n) is 3.20. The van der Waals surface area contributed by atoms with Crippen molar-refractivity contribution >= 4 is 33.4 Å². The number of benzene rings is 1. The van der Waals surface area contributed by atoms with E-state index in [9.17, 15) is 9.90 Å². The first kappa shape index (κ1) is 19.4. The van der Waals surface area contributed by atoms with Crippen LogP contribution >= 0.6 is 27.5 Å². The van der Waals surface area contributed by atoms with Crippen LogP contribution in [0, 0.1) is 0 Å². The molecule has 1 aromatic carbocycles. The molecule has 2 aromatic rings. The molecule has 1 atom stereocenters. The standard InChI is InChI=1S/C19H23BrClN3O2/c1-18(2,3)24-11-15(20)16(22-24)17(25)23-10-4-9-19(26,12-23)13-5-7-14(21)8-6-13/h5-8,11,26H,4,9-10,12H2,1-3H3. The number of carbonyl (C=O) groups excluding carboxylic acids is 1. The highest BCUT2D eigenvalue weighted by Crippen LogP contribution is 2.33. The number of halogens is 2. The van der Waals surface area contributed by atoms with Crippen molar-refractivity contribution in [1.82, 2.24) is 14.7 Å². The van der Waals surface area contributed by atoms with E-state index in [-0.39, 0.29) is 18.0 Å². The van der Waals surface area contributed by atoms with Gasteiger partial charge in [-0.2, -0.15) is 5.10 Å². The average molecular weight is 441 g/mol. The highest BCUT2D eigenvalue weighted by atomic mass is 79.9. The zero-order valence-corrected chi connectivity index (χ0v) is 17.5. The molecule has 2 heterocycles. The number of β-amino-alcohol motifs (C(OH)–C–C–N with tert-alkyl or cyclic N) is 1. The van der Waals surface area contributed by atoms with Crippen molar-refractivity contribution in [2.24, 2.45) is 0 Å². The third-order valence-corrected chi connectivity index (χ3v) is 5.53. The van der Waals surface area contributed by atoms with E-state index in [0.29, 0.717) is 28.2 Å². The first-order valence-corrected chi connectivity index (χ1v) is 9.81. The van der Waals surface area contributed by atoms with E-state index in [1.165, 1.54) is 0 Å². The van der Waals surface area contributed by atoms with Crippen molar-refractivity contribution in [2.75, 3.05) is 13.1 Å². The van der Waals surface area contributed by atoms with Gasteiger partial charge >= 0.3 is 0 Å². The highest BCUT2D eigenvalue weighted by molar-refractivity contribution is 9.10. The number of aromatic nitrogens is 2. The van der Waals surface area contributed by atoms with Crippen LogP contribution in [0.15, 0.2) is 34.9 Å². The summed E-state index contributed by atoms with van der Waals surface area (Å²) in [5.41, 5.74) is -0.135. The summed E-state index contributed by atoms with van der Waals surface area (Å²) >= 11 is 9.40. The lowest BCUT2D eigenvalue weighted by Gasteiger charge is -2.39. The number of hydrogen-bond acceptors (Lipinski definition) is 3. The molecule has 26 heavy (non-hydrogen) atoms. The maximum absolute atomic E-state index is 13.0. The summed E-state index contributed by atoms with van der Waals surface area (Å²) in [4.78, 5) is 14.7. The summed E-state index contributed by atoms with van der Waals surface area (Å²) in [7, 11) is 0. The normalized spacial score (nSPS) is 21.1. The summed E-state index contributed by atoms with van der Waals surface area (Å²) in [5, 5.41) is 16.2. The molecule has 1 fully saturated rings. The molecule has 1 aliphatic rings. The van der Waals surface area contributed by atoms with Gasteiger partial charge in [0.2, 0.25) is 0 Å². The van der Waals surface area contributed by atoms with Gasteiger partial charge in [-0.05, 0) is 67.2 Å². The van der Waals surface area contributed by atoms with Gasteiger partial charge in [-0.25, -0.2) is 0 Å². The molecule has 0 spiro atoms. The van der Waals surface area contributed by atoms with Crippen LogP contribution in [-0.2, 0) is 11.1 Å². The minimum atomic E-state index is -1.07. The van der Waals surface area contributed by atoms with Crippen LogP contribution in [0.1, 0.15) is 49.7 Å². The summed E-state index contributed by atoms with van der Waals surface area (Å²) in [6, 6.07) is 7.16. The Balaban J connectivity index is 1.84. The minimum Gasteiger partial charge on any atom is -0.383 e. The van der Waals surface area contributed by atoms with Gasteiger partial charge in [0, 0.05) is 17.8 Å². The fraction of sp³-hybridized carbons (Fsp3) is 0.474. The first-order valence-electron chi connectivity index (χ1n) is 8.63. The van der Waals surface area contributed by atoms with E-state index >= 15 is 0 Å². The Bertz CT molecular complexity index is 813. The Kier molecular flexibility index (Phi) is 5.21. The first-order chi connectivity index (χ1) is 12.1. The van der Waals surface area contributed by atoms with Gasteiger partial charge in [0.05, 0.1) is 16.6 Å². The molecule has 0 aliphatic carbocycles. The second kappa shape index (κ2) is 6.98. The van der Waals surface area contributed by atoms with Gasteiger partial charge in [-0.1, -0.05) is 23.7 Å². The van der Waals surface area contributed by atoms with Gasteiger partial charge in [0.15, 0.2) is 5.69 Å². The van der Waals surface area contributed by atoms with E-state index in [1.54, 1.807) is 21.7 Å². The fourth-order valence-corrected chi connectivity index (χ4v) is 3.77. The number of piperidine rings is 1. The summed E-state index contributed by atoms with van der Waals surface area (Å²) in [6.07, 6.45) is 3.15. The molecule has 3 rings (SSSR count). The van der Waals surface area contributed by atoms with E-state index in [1.807, 2.05) is 39.1 Å². The quantitative estimate of drug-likeness (QED) is 0.762. The molecule has 1 unspecified atom stereocenters. The van der Waals surface area contributed by atoms with Crippen LogP contribution in [0.2, 0.25) is 5.02 Å². The molecule has 1 aliphatic heterocycles. The van der Waals surface area contributed by atoms with Crippen molar-refractivity contribution in [3.63, 3.8) is 0 Å². The van der Waals surface area contributed by atoms with Gasteiger partial charge in [0.1, 0.15) is 5.60 Å². The van der Waals surface area contributed by atoms with Crippen LogP contribution in [0.25, 0.3) is 0 Å². The van der Waals surface area contributed by atoms with Gasteiger partial charge in [-0.15, -0.1) is 0 Å². The van der Waals surface area contributed by atoms with E-state index in [0.717, 1.165) is 12.0 Å². The third kappa shape index (κ3) is 3.82. The van der Waals surface area contributed by atoms with Crippen molar-refractivity contribution in [2.45, 2.75) is 44.8 Å². The van der Waals surface area contributed by atoms with Crippen molar-refractivity contribution in [1.29, 1.82) is 0 Å². The maximum atomic E-state index is 13.0. The number of likely N-dealkylation sites (tertiary alicyclic amines) is 1. The van der Waals surface area contributed by atoms with Crippen LogP contribution in [0.3, 0.4) is 0 Å². The van der Waals surface area contributed by atoms with E-state index in [4.69, 9.17) is 11.6 Å². The maximum Gasteiger partial charge on any atom is 0.275 e. The molecule has 1 N–H and O–H groups in total. The second-order valence-electron chi connectivity index (χ2n) is 7.81. The molecule has 140 valence electrons. The molecule has 0 bridgehead atoms. The summed E-state index contributed by atoms with van der Waals surface area (Å²) < 4.78 is 2.44. The minimum absolute atomic E-state index is 0.174. The van der Waals surface area contributed by atoms with Crippen molar-refractivity contribution < 1.29 is 9.90 Å². The van der Waals surface area contributed by atoms with Crippen LogP contribution in [-0.4, -0.2) is 38.8 Å². The number of rotatable bonds is 2. The largest absolute Gasteiger partial charge is 0.383 e. The summed E-state index contributed by atoms with van der Waals surface area (Å²) in [6.45, 7) is 6.93. The van der Waals surface area contributed by atoms with E-state index in [2.05, 4.69) is 21.0 Å². The lowest BCUT2D eigenvalue weighted by atomic mass is 9.85. The molecular weight excluding hydrogens is 418 g/mol. The number of nitrogens with zero attached hydrogens (tertiary/aromatic N) is 3. The van der Waals surface area contributed by atoms with Crippen molar-refractivity contribution in [3.8, 4) is 0 Å². The topological polar surface area (TPSA) is 58.4 Å². The molecule has 1 amide bonds. The number of carbonyl (C=O) groups is 1.